The van der Waals surface area contributed by atoms with Gasteiger partial charge in [-0.3, -0.25) is 9.59 Å². The number of aromatic hydroxyl groups is 11. The van der Waals surface area contributed by atoms with Crippen LogP contribution < -0.4 is 4.74 Å². The third-order valence-corrected chi connectivity index (χ3v) is 15.2. The molecule has 4 aromatic rings. The molecule has 79 heavy (non-hydrogen) atoms. The van der Waals surface area contributed by atoms with E-state index < -0.39 is 246 Å². The van der Waals surface area contributed by atoms with E-state index in [1.165, 1.54) is 0 Å². The number of cyclic esters (lactones) is 1. The number of phenolic OH excluding ortho intramolecular Hbond substituents is 11. The van der Waals surface area contributed by atoms with Gasteiger partial charge in [0.1, 0.15) is 24.2 Å². The fourth-order valence-electron chi connectivity index (χ4n) is 11.7. The molecule has 9 aliphatic rings. The maximum absolute atomic E-state index is 16.2. The number of carbonyl (C=O) groups excluding carboxylic acids is 7. The van der Waals surface area contributed by atoms with E-state index in [9.17, 15) is 95.8 Å². The predicted molar refractivity (Wildman–Crippen MR) is 232 cm³/mol. The lowest BCUT2D eigenvalue weighted by Gasteiger charge is -2.64. The highest BCUT2D eigenvalue weighted by Gasteiger charge is 2.97. The van der Waals surface area contributed by atoms with Gasteiger partial charge in [-0.2, -0.15) is 0 Å². The molecule has 0 radical (unpaired) electrons. The lowest BCUT2D eigenvalue weighted by atomic mass is 9.47. The number of aliphatic hydroxyl groups excluding tert-OH is 1. The SMILES string of the molecule is O=C(O[C@@H]1O[C@@H]2COC(=O)c3cc(O)c(O)c(O)c3-c3c(cc(O)c(O)c3O)C(=O)O[C@@H]3[C@H]1OC(=O)c1cc(O)c(O)c4c1[C@H]1[C@@](O)(O4)[C@]4(O)O[C@@]5(C(=O)O[C@@H]6[C@@H](O)CO[C@@]65O)[C@]1(CC4=O)C(=O)O[C@@H]32)c1cc(O)c(O)c(O)c1. The highest BCUT2D eigenvalue weighted by Crippen LogP contribution is 2.76. The lowest BCUT2D eigenvalue weighted by Crippen LogP contribution is -2.88. The largest absolute Gasteiger partial charge is 0.504 e. The van der Waals surface area contributed by atoms with E-state index in [1.807, 2.05) is 0 Å². The average molecular weight is 1110 g/mol. The predicted octanol–water partition coefficient (Wildman–Crippen LogP) is -2.87. The van der Waals surface area contributed by atoms with Crippen LogP contribution in [0.2, 0.25) is 0 Å². The lowest BCUT2D eigenvalue weighted by molar-refractivity contribution is -0.459. The molecule has 1 saturated carbocycles. The van der Waals surface area contributed by atoms with Gasteiger partial charge in [0.05, 0.1) is 34.8 Å². The van der Waals surface area contributed by atoms with Gasteiger partial charge >= 0.3 is 35.8 Å². The molecular formula is C47H34O32. The summed E-state index contributed by atoms with van der Waals surface area (Å²) in [6.45, 7) is -2.44. The Morgan fingerprint density at radius 2 is 1.14 bits per heavy atom. The molecule has 1 aliphatic carbocycles. The van der Waals surface area contributed by atoms with E-state index in [0.717, 1.165) is 0 Å². The Morgan fingerprint density at radius 1 is 0.582 bits per heavy atom. The number of esters is 6. The van der Waals surface area contributed by atoms with Crippen molar-refractivity contribution in [3.8, 4) is 80.1 Å². The number of hydrogen-bond donors (Lipinski definition) is 15. The molecule has 6 bridgehead atoms. The van der Waals surface area contributed by atoms with Crippen LogP contribution in [0.1, 0.15) is 59.3 Å². The van der Waals surface area contributed by atoms with Crippen molar-refractivity contribution in [3.63, 3.8) is 0 Å². The van der Waals surface area contributed by atoms with Crippen LogP contribution >= 0.6 is 0 Å². The molecule has 414 valence electrons. The molecule has 6 fully saturated rings. The van der Waals surface area contributed by atoms with Gasteiger partial charge in [0.2, 0.25) is 41.0 Å². The van der Waals surface area contributed by atoms with Gasteiger partial charge < -0.3 is 124 Å². The second-order valence-electron chi connectivity index (χ2n) is 19.2. The average Bonchev–Trinajstić information content (AvgIpc) is 1.67. The molecule has 15 N–H and O–H groups in total. The van der Waals surface area contributed by atoms with Crippen LogP contribution in [0, 0.1) is 5.41 Å². The molecule has 2 spiro atoms. The fraction of sp³-hybridized carbons (Fsp3) is 0.340. The van der Waals surface area contributed by atoms with Crippen LogP contribution in [-0.4, -0.2) is 197 Å². The molecule has 32 nitrogen and oxygen atoms in total. The number of Topliss-reactive ketones (excluding diaryl/α,β-unsaturated/α-hetero) is 1. The first-order valence-corrected chi connectivity index (χ1v) is 22.8. The van der Waals surface area contributed by atoms with Gasteiger partial charge in [-0.25, -0.2) is 24.0 Å². The Labute approximate surface area is 433 Å². The summed E-state index contributed by atoms with van der Waals surface area (Å²) >= 11 is 0. The summed E-state index contributed by atoms with van der Waals surface area (Å²) in [7, 11) is 0. The first-order chi connectivity index (χ1) is 37.1. The van der Waals surface area contributed by atoms with E-state index in [0.29, 0.717) is 30.3 Å². The quantitative estimate of drug-likeness (QED) is 0.0545. The van der Waals surface area contributed by atoms with Crippen molar-refractivity contribution in [2.75, 3.05) is 13.2 Å². The fourth-order valence-corrected chi connectivity index (χ4v) is 11.7. The standard InChI is InChI=1S/C47H34O32/c48-13-1-9(2-14(49)24(13)55)36(61)77-40-33-32-30(19(72-40)8-70-37(62)10-3-15(50)25(56)28(59)21(10)22-11(38(63)73-32)4-16(51)26(57)29(22)60)75-41(65)43-6-20(54)45(67,79-44(43)42(66)76-35-18(53)7-71-47(35,44)69)46(68)34(43)23-12(39(64)74-33)5-17(52)27(58)31(23)78-46/h1-5,18-19,30,32-35,40,48-53,55-60,67-69H,6-8H2/t18-,19+,30+,32-,33+,34+,35+,40-,43-,44-,45+,46+,47-/m0/s1. The first kappa shape index (κ1) is 50.5. The number of hydrogen-bond acceptors (Lipinski definition) is 32. The van der Waals surface area contributed by atoms with Crippen LogP contribution in [0.5, 0.6) is 69.0 Å². The summed E-state index contributed by atoms with van der Waals surface area (Å²) in [6, 6.07) is 2.11. The molecule has 0 unspecified atom stereocenters. The molecular weight excluding hydrogens is 1080 g/mol. The number of benzene rings is 4. The van der Waals surface area contributed by atoms with Gasteiger partial charge in [-0.15, -0.1) is 0 Å². The number of ether oxygens (including phenoxy) is 10. The second kappa shape index (κ2) is 15.9. The normalized spacial score (nSPS) is 34.6. The summed E-state index contributed by atoms with van der Waals surface area (Å²) in [5.41, 5.74) is -15.4. The third-order valence-electron chi connectivity index (χ3n) is 15.2. The van der Waals surface area contributed by atoms with Crippen molar-refractivity contribution in [3.05, 3.63) is 58.1 Å². The van der Waals surface area contributed by atoms with Gasteiger partial charge in [0, 0.05) is 23.1 Å². The maximum Gasteiger partial charge on any atom is 0.346 e. The highest BCUT2D eigenvalue weighted by molar-refractivity contribution is 6.09. The molecule has 13 rings (SSSR count). The maximum atomic E-state index is 16.2. The molecule has 0 aromatic heterocycles. The van der Waals surface area contributed by atoms with Crippen molar-refractivity contribution < 1.29 is 158 Å². The Hall–Kier alpha value is -9.31. The van der Waals surface area contributed by atoms with Gasteiger partial charge in [-0.05, 0) is 30.3 Å². The third kappa shape index (κ3) is 6.05. The smallest absolute Gasteiger partial charge is 0.346 e. The van der Waals surface area contributed by atoms with E-state index in [2.05, 4.69) is 0 Å². The Balaban J connectivity index is 1.13. The molecule has 5 saturated heterocycles. The van der Waals surface area contributed by atoms with E-state index in [-0.39, 0.29) is 0 Å². The number of ketones is 1. The summed E-state index contributed by atoms with van der Waals surface area (Å²) in [6.07, 6.45) is -19.5. The van der Waals surface area contributed by atoms with Crippen molar-refractivity contribution in [1.82, 2.24) is 0 Å². The van der Waals surface area contributed by atoms with Crippen molar-refractivity contribution in [2.45, 2.75) is 78.2 Å². The minimum Gasteiger partial charge on any atom is -0.504 e. The number of phenols is 11. The topological polar surface area (TPSA) is 515 Å². The van der Waals surface area contributed by atoms with E-state index in [4.69, 9.17) is 47.4 Å². The minimum atomic E-state index is -4.05. The number of rotatable bonds is 2. The minimum absolute atomic E-state index is 0.311. The first-order valence-electron chi connectivity index (χ1n) is 22.8. The summed E-state index contributed by atoms with van der Waals surface area (Å²) < 4.78 is 57.0. The van der Waals surface area contributed by atoms with Crippen molar-refractivity contribution in [1.29, 1.82) is 0 Å². The van der Waals surface area contributed by atoms with Crippen molar-refractivity contribution >= 4 is 41.6 Å². The van der Waals surface area contributed by atoms with E-state index >= 15 is 14.4 Å². The van der Waals surface area contributed by atoms with Crippen LogP contribution in [-0.2, 0) is 57.0 Å². The number of fused-ring (bicyclic) bond motifs is 5. The summed E-state index contributed by atoms with van der Waals surface area (Å²) in [4.78, 5) is 104. The van der Waals surface area contributed by atoms with Crippen LogP contribution in [0.15, 0.2) is 30.3 Å². The van der Waals surface area contributed by atoms with Gasteiger partial charge in [0.15, 0.2) is 75.8 Å². The molecule has 8 heterocycles. The number of carbonyl (C=O) groups is 7. The monoisotopic (exact) mass is 1110 g/mol. The Bertz CT molecular complexity index is 3530. The number of aliphatic hydroxyl groups is 4. The molecule has 0 amide bonds. The van der Waals surface area contributed by atoms with Gasteiger partial charge in [-0.1, -0.05) is 0 Å². The Morgan fingerprint density at radius 3 is 1.77 bits per heavy atom. The highest BCUT2D eigenvalue weighted by atomic mass is 16.8. The van der Waals surface area contributed by atoms with Gasteiger partial charge in [0.25, 0.3) is 11.6 Å². The zero-order valence-corrected chi connectivity index (χ0v) is 38.8. The molecule has 8 aliphatic heterocycles. The molecule has 4 aromatic carbocycles. The van der Waals surface area contributed by atoms with Crippen LogP contribution in [0.25, 0.3) is 11.1 Å². The second-order valence-corrected chi connectivity index (χ2v) is 19.2. The summed E-state index contributed by atoms with van der Waals surface area (Å²) in [5.74, 6) is -43.9. The Kier molecular flexibility index (Phi) is 10.2. The summed E-state index contributed by atoms with van der Waals surface area (Å²) in [5, 5.41) is 167. The van der Waals surface area contributed by atoms with E-state index in [1.54, 1.807) is 0 Å². The zero-order valence-electron chi connectivity index (χ0n) is 38.8. The van der Waals surface area contributed by atoms with Crippen LogP contribution in [0.4, 0.5) is 0 Å². The molecule has 32 heteroatoms. The zero-order chi connectivity index (χ0) is 56.9. The van der Waals surface area contributed by atoms with Crippen LogP contribution in [0.3, 0.4) is 0 Å². The molecule has 13 atom stereocenters. The van der Waals surface area contributed by atoms with Crippen molar-refractivity contribution in [2.24, 2.45) is 5.41 Å².